The summed E-state index contributed by atoms with van der Waals surface area (Å²) >= 11 is 0. The number of imide groups is 1. The van der Waals surface area contributed by atoms with Gasteiger partial charge in [-0.2, -0.15) is 0 Å². The number of halogens is 1. The Morgan fingerprint density at radius 2 is 1.89 bits per heavy atom. The highest BCUT2D eigenvalue weighted by molar-refractivity contribution is 6.22. The summed E-state index contributed by atoms with van der Waals surface area (Å²) in [5.41, 5.74) is 1.29. The number of nitrogens with zero attached hydrogens (tertiary/aromatic N) is 1. The van der Waals surface area contributed by atoms with Crippen LogP contribution in [0.1, 0.15) is 22.3 Å². The molecule has 1 unspecified atom stereocenters. The van der Waals surface area contributed by atoms with Gasteiger partial charge in [-0.25, -0.2) is 14.1 Å². The molecule has 1 heterocycles. The first-order valence-electron chi connectivity index (χ1n) is 8.53. The highest BCUT2D eigenvalue weighted by atomic mass is 19.1. The number of hydrogen-bond acceptors (Lipinski definition) is 5. The summed E-state index contributed by atoms with van der Waals surface area (Å²) in [6.45, 7) is 0.375. The maximum atomic E-state index is 13.6. The zero-order valence-electron chi connectivity index (χ0n) is 14.8. The summed E-state index contributed by atoms with van der Waals surface area (Å²) < 4.78 is 18.3. The number of anilines is 1. The molecule has 27 heavy (non-hydrogen) atoms. The number of rotatable bonds is 6. The van der Waals surface area contributed by atoms with Gasteiger partial charge >= 0.3 is 5.97 Å². The number of amides is 2. The molecule has 140 valence electrons. The number of esters is 1. The van der Waals surface area contributed by atoms with Crippen LogP contribution < -0.4 is 10.2 Å². The van der Waals surface area contributed by atoms with Crippen LogP contribution in [0.3, 0.4) is 0 Å². The molecule has 2 aromatic carbocycles. The van der Waals surface area contributed by atoms with Gasteiger partial charge in [0, 0.05) is 6.54 Å². The largest absolute Gasteiger partial charge is 0.465 e. The van der Waals surface area contributed by atoms with Gasteiger partial charge < -0.3 is 10.1 Å². The second-order valence-corrected chi connectivity index (χ2v) is 6.16. The quantitative estimate of drug-likeness (QED) is 0.622. The van der Waals surface area contributed by atoms with E-state index in [0.29, 0.717) is 29.8 Å². The Labute approximate surface area is 155 Å². The van der Waals surface area contributed by atoms with Crippen molar-refractivity contribution in [3.8, 4) is 0 Å². The lowest BCUT2D eigenvalue weighted by molar-refractivity contribution is -0.121. The smallest absolute Gasteiger partial charge is 0.337 e. The maximum absolute atomic E-state index is 13.6. The van der Waals surface area contributed by atoms with Gasteiger partial charge in [-0.3, -0.25) is 9.59 Å². The Balaban J connectivity index is 1.63. The van der Waals surface area contributed by atoms with E-state index in [-0.39, 0.29) is 24.1 Å². The van der Waals surface area contributed by atoms with E-state index >= 15 is 0 Å². The molecule has 0 aromatic heterocycles. The van der Waals surface area contributed by atoms with E-state index in [2.05, 4.69) is 10.1 Å². The zero-order chi connectivity index (χ0) is 19.4. The van der Waals surface area contributed by atoms with E-state index in [1.165, 1.54) is 37.4 Å². The Hall–Kier alpha value is -3.06. The molecule has 0 bridgehead atoms. The molecular formula is C20H19FN2O4. The van der Waals surface area contributed by atoms with Crippen molar-refractivity contribution in [2.75, 3.05) is 18.6 Å². The standard InChI is InChI=1S/C20H19FN2O4/c1-27-20(26)14-6-8-15(9-7-14)23-18(24)12-17(19(23)25)22-11-10-13-4-2-3-5-16(13)21/h2-9,17,22H,10-12H2,1H3. The van der Waals surface area contributed by atoms with Crippen LogP contribution in [-0.2, 0) is 20.7 Å². The van der Waals surface area contributed by atoms with Crippen LogP contribution in [-0.4, -0.2) is 37.5 Å². The van der Waals surface area contributed by atoms with Crippen LogP contribution in [0.15, 0.2) is 48.5 Å². The second kappa shape index (κ2) is 8.09. The van der Waals surface area contributed by atoms with Crippen molar-refractivity contribution >= 4 is 23.5 Å². The van der Waals surface area contributed by atoms with E-state index in [1.807, 2.05) is 0 Å². The molecular weight excluding hydrogens is 351 g/mol. The minimum absolute atomic E-state index is 0.0366. The van der Waals surface area contributed by atoms with Gasteiger partial charge in [-0.05, 0) is 42.3 Å². The number of carbonyl (C=O) groups excluding carboxylic acids is 3. The monoisotopic (exact) mass is 370 g/mol. The Morgan fingerprint density at radius 3 is 2.56 bits per heavy atom. The molecule has 0 aliphatic carbocycles. The average Bonchev–Trinajstić information content (AvgIpc) is 2.96. The molecule has 0 saturated carbocycles. The fraction of sp³-hybridized carbons (Fsp3) is 0.250. The highest BCUT2D eigenvalue weighted by Gasteiger charge is 2.39. The molecule has 1 aliphatic heterocycles. The second-order valence-electron chi connectivity index (χ2n) is 6.16. The molecule has 1 fully saturated rings. The fourth-order valence-electron chi connectivity index (χ4n) is 3.01. The molecule has 2 aromatic rings. The fourth-order valence-corrected chi connectivity index (χ4v) is 3.01. The lowest BCUT2D eigenvalue weighted by Crippen LogP contribution is -2.39. The van der Waals surface area contributed by atoms with E-state index in [4.69, 9.17) is 0 Å². The molecule has 2 amide bonds. The normalized spacial score (nSPS) is 16.7. The topological polar surface area (TPSA) is 75.7 Å². The van der Waals surface area contributed by atoms with Crippen LogP contribution in [0.25, 0.3) is 0 Å². The third-order valence-electron chi connectivity index (χ3n) is 4.44. The molecule has 3 rings (SSSR count). The lowest BCUT2D eigenvalue weighted by Gasteiger charge is -2.16. The first-order chi connectivity index (χ1) is 13.0. The van der Waals surface area contributed by atoms with E-state index in [0.717, 1.165) is 4.90 Å². The van der Waals surface area contributed by atoms with Crippen molar-refractivity contribution in [3.63, 3.8) is 0 Å². The summed E-state index contributed by atoms with van der Waals surface area (Å²) in [6.07, 6.45) is 0.452. The summed E-state index contributed by atoms with van der Waals surface area (Å²) in [5, 5.41) is 3.02. The molecule has 1 N–H and O–H groups in total. The van der Waals surface area contributed by atoms with Crippen molar-refractivity contribution in [2.24, 2.45) is 0 Å². The number of benzene rings is 2. The van der Waals surface area contributed by atoms with Gasteiger partial charge in [0.05, 0.1) is 30.8 Å². The maximum Gasteiger partial charge on any atom is 0.337 e. The van der Waals surface area contributed by atoms with E-state index in [9.17, 15) is 18.8 Å². The van der Waals surface area contributed by atoms with Gasteiger partial charge in [0.2, 0.25) is 5.91 Å². The van der Waals surface area contributed by atoms with Crippen LogP contribution in [0, 0.1) is 5.82 Å². The van der Waals surface area contributed by atoms with Crippen molar-refractivity contribution in [1.82, 2.24) is 5.32 Å². The van der Waals surface area contributed by atoms with Crippen molar-refractivity contribution in [2.45, 2.75) is 18.9 Å². The molecule has 1 aliphatic rings. The van der Waals surface area contributed by atoms with Crippen LogP contribution in [0.2, 0.25) is 0 Å². The molecule has 1 saturated heterocycles. The summed E-state index contributed by atoms with van der Waals surface area (Å²) in [4.78, 5) is 37.4. The Kier molecular flexibility index (Phi) is 5.61. The molecule has 1 atom stereocenters. The van der Waals surface area contributed by atoms with Crippen molar-refractivity contribution in [3.05, 3.63) is 65.5 Å². The molecule has 0 radical (unpaired) electrons. The average molecular weight is 370 g/mol. The van der Waals surface area contributed by atoms with Gasteiger partial charge in [-0.15, -0.1) is 0 Å². The minimum atomic E-state index is -0.649. The van der Waals surface area contributed by atoms with Crippen molar-refractivity contribution < 1.29 is 23.5 Å². The third-order valence-corrected chi connectivity index (χ3v) is 4.44. The minimum Gasteiger partial charge on any atom is -0.465 e. The Bertz CT molecular complexity index is 867. The first-order valence-corrected chi connectivity index (χ1v) is 8.53. The number of nitrogens with one attached hydrogen (secondary N) is 1. The number of ether oxygens (including phenoxy) is 1. The van der Waals surface area contributed by atoms with E-state index in [1.54, 1.807) is 18.2 Å². The summed E-state index contributed by atoms with van der Waals surface area (Å²) in [6, 6.07) is 11.9. The summed E-state index contributed by atoms with van der Waals surface area (Å²) in [7, 11) is 1.28. The van der Waals surface area contributed by atoms with Gasteiger partial charge in [0.1, 0.15) is 5.82 Å². The number of hydrogen-bond donors (Lipinski definition) is 1. The molecule has 0 spiro atoms. The predicted molar refractivity (Wildman–Crippen MR) is 96.8 cm³/mol. The SMILES string of the molecule is COC(=O)c1ccc(N2C(=O)CC(NCCc3ccccc3F)C2=O)cc1. The van der Waals surface area contributed by atoms with Crippen LogP contribution >= 0.6 is 0 Å². The number of methoxy groups -OCH3 is 1. The Morgan fingerprint density at radius 1 is 1.19 bits per heavy atom. The first kappa shape index (κ1) is 18.7. The lowest BCUT2D eigenvalue weighted by atomic mass is 10.1. The van der Waals surface area contributed by atoms with Crippen LogP contribution in [0.4, 0.5) is 10.1 Å². The molecule has 6 nitrogen and oxygen atoms in total. The summed E-state index contributed by atoms with van der Waals surface area (Å²) in [5.74, 6) is -1.47. The molecule has 7 heteroatoms. The number of carbonyl (C=O) groups is 3. The predicted octanol–water partition coefficient (Wildman–Crippen LogP) is 2.08. The van der Waals surface area contributed by atoms with Gasteiger partial charge in [0.25, 0.3) is 5.91 Å². The van der Waals surface area contributed by atoms with Crippen molar-refractivity contribution in [1.29, 1.82) is 0 Å². The van der Waals surface area contributed by atoms with E-state index < -0.39 is 12.0 Å². The third kappa shape index (κ3) is 4.03. The van der Waals surface area contributed by atoms with Crippen LogP contribution in [0.5, 0.6) is 0 Å². The van der Waals surface area contributed by atoms with Gasteiger partial charge in [-0.1, -0.05) is 18.2 Å². The zero-order valence-corrected chi connectivity index (χ0v) is 14.8. The highest BCUT2D eigenvalue weighted by Crippen LogP contribution is 2.23. The van der Waals surface area contributed by atoms with Gasteiger partial charge in [0.15, 0.2) is 0 Å².